The normalized spacial score (nSPS) is 12.8. The Bertz CT molecular complexity index is 336. The van der Waals surface area contributed by atoms with Crippen molar-refractivity contribution in [2.75, 3.05) is 6.61 Å². The second kappa shape index (κ2) is 4.16. The molecule has 0 spiro atoms. The predicted molar refractivity (Wildman–Crippen MR) is 46.6 cm³/mol. The second-order valence-electron chi connectivity index (χ2n) is 2.83. The van der Waals surface area contributed by atoms with Crippen LogP contribution in [0.15, 0.2) is 6.20 Å². The molecule has 0 fully saturated rings. The second-order valence-corrected chi connectivity index (χ2v) is 2.83. The van der Waals surface area contributed by atoms with Gasteiger partial charge in [0.05, 0.1) is 4.92 Å². The molecule has 78 valence electrons. The lowest BCUT2D eigenvalue weighted by atomic mass is 10.4. The summed E-state index contributed by atoms with van der Waals surface area (Å²) in [6, 6.07) is 0. The van der Waals surface area contributed by atoms with Gasteiger partial charge in [-0.3, -0.25) is 10.1 Å². The molecule has 0 aromatic carbocycles. The molecular formula is C7H11N3O4. The van der Waals surface area contributed by atoms with Crippen LogP contribution < -0.4 is 0 Å². The van der Waals surface area contributed by atoms with Crippen LogP contribution in [0.25, 0.3) is 0 Å². The molecule has 0 radical (unpaired) electrons. The number of aromatic nitrogens is 2. The van der Waals surface area contributed by atoms with Crippen molar-refractivity contribution in [1.29, 1.82) is 0 Å². The Hall–Kier alpha value is -1.47. The summed E-state index contributed by atoms with van der Waals surface area (Å²) in [7, 11) is 0. The average Bonchev–Trinajstić information content (AvgIpc) is 2.48. The van der Waals surface area contributed by atoms with Gasteiger partial charge in [-0.15, -0.1) is 0 Å². The van der Waals surface area contributed by atoms with Gasteiger partial charge in [0.2, 0.25) is 0 Å². The molecule has 0 amide bonds. The quantitative estimate of drug-likeness (QED) is 0.526. The highest BCUT2D eigenvalue weighted by Crippen LogP contribution is 2.18. The Labute approximate surface area is 79.7 Å². The van der Waals surface area contributed by atoms with Crippen LogP contribution in [0.2, 0.25) is 0 Å². The molecule has 2 N–H and O–H groups in total. The minimum atomic E-state index is -1.02. The van der Waals surface area contributed by atoms with E-state index in [9.17, 15) is 15.2 Å². The molecule has 0 saturated heterocycles. The molecule has 0 bridgehead atoms. The van der Waals surface area contributed by atoms with Crippen molar-refractivity contribution in [3.8, 4) is 0 Å². The van der Waals surface area contributed by atoms with Gasteiger partial charge in [0.15, 0.2) is 0 Å². The molecule has 0 saturated carbocycles. The van der Waals surface area contributed by atoms with Crippen molar-refractivity contribution in [2.24, 2.45) is 0 Å². The number of aryl methyl sites for hydroxylation is 1. The van der Waals surface area contributed by atoms with Crippen molar-refractivity contribution in [1.82, 2.24) is 9.78 Å². The molecule has 1 atom stereocenters. The lowest BCUT2D eigenvalue weighted by Gasteiger charge is -2.07. The van der Waals surface area contributed by atoms with Gasteiger partial charge in [-0.1, -0.05) is 0 Å². The zero-order valence-corrected chi connectivity index (χ0v) is 7.62. The van der Waals surface area contributed by atoms with Gasteiger partial charge >= 0.3 is 5.69 Å². The molecule has 1 rings (SSSR count). The lowest BCUT2D eigenvalue weighted by molar-refractivity contribution is -0.385. The first-order chi connectivity index (χ1) is 6.56. The van der Waals surface area contributed by atoms with Crippen LogP contribution >= 0.6 is 0 Å². The van der Waals surface area contributed by atoms with E-state index in [4.69, 9.17) is 5.11 Å². The Balaban J connectivity index is 2.90. The molecule has 1 aromatic rings. The number of nitro groups is 1. The number of hydrogen-bond acceptors (Lipinski definition) is 5. The number of hydrogen-bond donors (Lipinski definition) is 2. The van der Waals surface area contributed by atoms with E-state index in [0.29, 0.717) is 0 Å². The fraction of sp³-hybridized carbons (Fsp3) is 0.571. The summed E-state index contributed by atoms with van der Waals surface area (Å²) >= 11 is 0. The molecule has 1 aromatic heterocycles. The van der Waals surface area contributed by atoms with Crippen LogP contribution in [0.3, 0.4) is 0 Å². The molecule has 7 heteroatoms. The summed E-state index contributed by atoms with van der Waals surface area (Å²) in [4.78, 5) is 9.87. The third kappa shape index (κ3) is 2.06. The Morgan fingerprint density at radius 1 is 1.79 bits per heavy atom. The molecular weight excluding hydrogens is 190 g/mol. The van der Waals surface area contributed by atoms with E-state index in [2.05, 4.69) is 5.10 Å². The molecule has 7 nitrogen and oxygen atoms in total. The van der Waals surface area contributed by atoms with Gasteiger partial charge in [0, 0.05) is 13.0 Å². The Morgan fingerprint density at radius 3 is 2.86 bits per heavy atom. The van der Waals surface area contributed by atoms with Crippen molar-refractivity contribution in [3.63, 3.8) is 0 Å². The Morgan fingerprint density at radius 2 is 2.43 bits per heavy atom. The summed E-state index contributed by atoms with van der Waals surface area (Å²) in [5, 5.41) is 32.1. The summed E-state index contributed by atoms with van der Waals surface area (Å²) in [6.45, 7) is 1.29. The molecule has 1 unspecified atom stereocenters. The average molecular weight is 201 g/mol. The van der Waals surface area contributed by atoms with E-state index in [1.54, 1.807) is 0 Å². The van der Waals surface area contributed by atoms with Gasteiger partial charge < -0.3 is 10.2 Å². The van der Waals surface area contributed by atoms with Gasteiger partial charge in [-0.2, -0.15) is 5.10 Å². The predicted octanol–water partition coefficient (Wildman–Crippen LogP) is -0.0270. The minimum absolute atomic E-state index is 0.0955. The SMILES string of the molecule is Cc1nn(C(O)CCO)cc1[N+](=O)[O-]. The minimum Gasteiger partial charge on any atom is -0.396 e. The van der Waals surface area contributed by atoms with Crippen molar-refractivity contribution >= 4 is 5.69 Å². The highest BCUT2D eigenvalue weighted by molar-refractivity contribution is 5.31. The summed E-state index contributed by atoms with van der Waals surface area (Å²) in [5.74, 6) is 0. The third-order valence-corrected chi connectivity index (χ3v) is 1.78. The standard InChI is InChI=1S/C7H11N3O4/c1-5-6(10(13)14)4-9(8-5)7(12)2-3-11/h4,7,11-12H,2-3H2,1H3. The van der Waals surface area contributed by atoms with Gasteiger partial charge in [0.1, 0.15) is 18.1 Å². The van der Waals surface area contributed by atoms with Crippen LogP contribution in [-0.2, 0) is 0 Å². The van der Waals surface area contributed by atoms with Crippen LogP contribution in [-0.4, -0.2) is 31.5 Å². The molecule has 14 heavy (non-hydrogen) atoms. The maximum absolute atomic E-state index is 10.4. The zero-order chi connectivity index (χ0) is 10.7. The highest BCUT2D eigenvalue weighted by Gasteiger charge is 2.18. The van der Waals surface area contributed by atoms with Crippen molar-refractivity contribution < 1.29 is 15.1 Å². The monoisotopic (exact) mass is 201 g/mol. The number of rotatable bonds is 4. The smallest absolute Gasteiger partial charge is 0.309 e. The number of aliphatic hydroxyl groups excluding tert-OH is 2. The zero-order valence-electron chi connectivity index (χ0n) is 7.62. The van der Waals surface area contributed by atoms with Crippen molar-refractivity contribution in [2.45, 2.75) is 19.6 Å². The van der Waals surface area contributed by atoms with Crippen molar-refractivity contribution in [3.05, 3.63) is 22.0 Å². The fourth-order valence-corrected chi connectivity index (χ4v) is 1.05. The lowest BCUT2D eigenvalue weighted by Crippen LogP contribution is -2.10. The summed E-state index contributed by atoms with van der Waals surface area (Å²) < 4.78 is 1.07. The third-order valence-electron chi connectivity index (χ3n) is 1.78. The van der Waals surface area contributed by atoms with E-state index in [-0.39, 0.29) is 24.4 Å². The van der Waals surface area contributed by atoms with Gasteiger partial charge in [0.25, 0.3) is 0 Å². The molecule has 0 aliphatic heterocycles. The first-order valence-electron chi connectivity index (χ1n) is 4.05. The molecule has 0 aliphatic carbocycles. The van der Waals surface area contributed by atoms with E-state index < -0.39 is 11.2 Å². The number of nitrogens with zero attached hydrogens (tertiary/aromatic N) is 3. The first-order valence-corrected chi connectivity index (χ1v) is 4.05. The van der Waals surface area contributed by atoms with E-state index in [1.165, 1.54) is 6.92 Å². The topological polar surface area (TPSA) is 101 Å². The van der Waals surface area contributed by atoms with Gasteiger partial charge in [-0.05, 0) is 6.92 Å². The highest BCUT2D eigenvalue weighted by atomic mass is 16.6. The van der Waals surface area contributed by atoms with Crippen LogP contribution in [0.4, 0.5) is 5.69 Å². The number of aliphatic hydroxyl groups is 2. The van der Waals surface area contributed by atoms with E-state index in [0.717, 1.165) is 10.9 Å². The fourth-order valence-electron chi connectivity index (χ4n) is 1.05. The van der Waals surface area contributed by atoms with Crippen LogP contribution in [0.1, 0.15) is 18.3 Å². The molecule has 0 aliphatic rings. The van der Waals surface area contributed by atoms with Crippen LogP contribution in [0.5, 0.6) is 0 Å². The first kappa shape index (κ1) is 10.6. The largest absolute Gasteiger partial charge is 0.396 e. The Kier molecular flexibility index (Phi) is 3.15. The van der Waals surface area contributed by atoms with Gasteiger partial charge in [-0.25, -0.2) is 4.68 Å². The maximum Gasteiger partial charge on any atom is 0.309 e. The van der Waals surface area contributed by atoms with Crippen LogP contribution in [0, 0.1) is 17.0 Å². The maximum atomic E-state index is 10.4. The van der Waals surface area contributed by atoms with E-state index in [1.807, 2.05) is 0 Å². The summed E-state index contributed by atoms with van der Waals surface area (Å²) in [5.41, 5.74) is 0.106. The summed E-state index contributed by atoms with van der Waals surface area (Å²) in [6.07, 6.45) is 0.223. The molecule has 1 heterocycles. The van der Waals surface area contributed by atoms with E-state index >= 15 is 0 Å².